The summed E-state index contributed by atoms with van der Waals surface area (Å²) in [6.45, 7) is 2.58. The summed E-state index contributed by atoms with van der Waals surface area (Å²) in [4.78, 5) is 24.2. The Morgan fingerprint density at radius 2 is 1.81 bits per heavy atom. The lowest BCUT2D eigenvalue weighted by molar-refractivity contribution is -0.161. The molecular weight excluding hydrogens is 356 g/mol. The van der Waals surface area contributed by atoms with Crippen LogP contribution in [0.5, 0.6) is 5.75 Å². The molecule has 0 spiro atoms. The van der Waals surface area contributed by atoms with Crippen molar-refractivity contribution in [1.29, 1.82) is 5.26 Å². The summed E-state index contributed by atoms with van der Waals surface area (Å²) in [6, 6.07) is 15.0. The lowest BCUT2D eigenvalue weighted by Gasteiger charge is -2.24. The highest BCUT2D eigenvalue weighted by molar-refractivity contribution is 6.30. The van der Waals surface area contributed by atoms with Crippen molar-refractivity contribution in [3.63, 3.8) is 0 Å². The van der Waals surface area contributed by atoms with Crippen LogP contribution in [-0.2, 0) is 14.3 Å². The molecule has 0 aromatic heterocycles. The van der Waals surface area contributed by atoms with Crippen LogP contribution in [0.2, 0.25) is 5.02 Å². The molecule has 2 aromatic rings. The number of para-hydroxylation sites is 1. The van der Waals surface area contributed by atoms with Gasteiger partial charge in [0.05, 0.1) is 11.3 Å². The second kappa shape index (κ2) is 8.37. The minimum Gasteiger partial charge on any atom is -0.476 e. The van der Waals surface area contributed by atoms with E-state index in [2.05, 4.69) is 5.32 Å². The first-order chi connectivity index (χ1) is 12.3. The van der Waals surface area contributed by atoms with Gasteiger partial charge in [0.25, 0.3) is 5.91 Å². The van der Waals surface area contributed by atoms with Crippen molar-refractivity contribution < 1.29 is 19.1 Å². The highest BCUT2D eigenvalue weighted by atomic mass is 35.5. The molecule has 0 saturated heterocycles. The standard InChI is InChI=1S/C19H17ClN2O4/c1-19(2,26-15-9-7-14(20)8-10-15)18(24)25-12-17(23)22-16-6-4-3-5-13(16)11-21/h3-10H,12H2,1-2H3,(H,22,23). The Morgan fingerprint density at radius 3 is 2.46 bits per heavy atom. The van der Waals surface area contributed by atoms with Gasteiger partial charge in [-0.2, -0.15) is 5.26 Å². The van der Waals surface area contributed by atoms with Crippen LogP contribution in [0.3, 0.4) is 0 Å². The Bertz CT molecular complexity index is 841. The van der Waals surface area contributed by atoms with Crippen molar-refractivity contribution in [3.05, 3.63) is 59.1 Å². The van der Waals surface area contributed by atoms with E-state index in [9.17, 15) is 9.59 Å². The molecule has 2 rings (SSSR count). The molecule has 0 unspecified atom stereocenters. The van der Waals surface area contributed by atoms with Crippen LogP contribution < -0.4 is 10.1 Å². The molecule has 0 aliphatic heterocycles. The molecule has 0 fully saturated rings. The Balaban J connectivity index is 1.91. The average Bonchev–Trinajstić information content (AvgIpc) is 2.62. The number of ether oxygens (including phenoxy) is 2. The lowest BCUT2D eigenvalue weighted by Crippen LogP contribution is -2.41. The molecular formula is C19H17ClN2O4. The number of nitrogens with one attached hydrogen (secondary N) is 1. The highest BCUT2D eigenvalue weighted by Gasteiger charge is 2.32. The van der Waals surface area contributed by atoms with E-state index in [-0.39, 0.29) is 0 Å². The van der Waals surface area contributed by atoms with Gasteiger partial charge < -0.3 is 14.8 Å². The van der Waals surface area contributed by atoms with Crippen molar-refractivity contribution in [3.8, 4) is 11.8 Å². The van der Waals surface area contributed by atoms with Gasteiger partial charge >= 0.3 is 5.97 Å². The first-order valence-electron chi connectivity index (χ1n) is 7.72. The zero-order valence-electron chi connectivity index (χ0n) is 14.3. The Labute approximate surface area is 156 Å². The molecule has 0 bridgehead atoms. The summed E-state index contributed by atoms with van der Waals surface area (Å²) in [5.74, 6) is -0.803. The van der Waals surface area contributed by atoms with E-state index in [1.165, 1.54) is 13.8 Å². The Morgan fingerprint density at radius 1 is 1.15 bits per heavy atom. The number of esters is 1. The van der Waals surface area contributed by atoms with Crippen LogP contribution in [0.25, 0.3) is 0 Å². The molecule has 0 aliphatic rings. The smallest absolute Gasteiger partial charge is 0.350 e. The van der Waals surface area contributed by atoms with E-state index >= 15 is 0 Å². The fourth-order valence-electron chi connectivity index (χ4n) is 2.02. The molecule has 1 amide bonds. The molecule has 2 aromatic carbocycles. The van der Waals surface area contributed by atoms with Crippen LogP contribution in [0.4, 0.5) is 5.69 Å². The van der Waals surface area contributed by atoms with E-state index in [1.54, 1.807) is 48.5 Å². The van der Waals surface area contributed by atoms with Crippen LogP contribution in [0.15, 0.2) is 48.5 Å². The summed E-state index contributed by atoms with van der Waals surface area (Å²) < 4.78 is 10.6. The van der Waals surface area contributed by atoms with Gasteiger partial charge in [0.15, 0.2) is 12.2 Å². The van der Waals surface area contributed by atoms with E-state index in [0.717, 1.165) is 0 Å². The minimum absolute atomic E-state index is 0.318. The van der Waals surface area contributed by atoms with Crippen LogP contribution in [0, 0.1) is 11.3 Å². The Kier molecular flexibility index (Phi) is 6.21. The molecule has 26 heavy (non-hydrogen) atoms. The summed E-state index contributed by atoms with van der Waals surface area (Å²) in [6.07, 6.45) is 0. The van der Waals surface area contributed by atoms with Crippen molar-refractivity contribution in [1.82, 2.24) is 0 Å². The molecule has 0 aliphatic carbocycles. The number of hydrogen-bond acceptors (Lipinski definition) is 5. The molecule has 1 N–H and O–H groups in total. The zero-order valence-corrected chi connectivity index (χ0v) is 15.0. The summed E-state index contributed by atoms with van der Waals surface area (Å²) in [5.41, 5.74) is -0.620. The number of nitriles is 1. The number of benzene rings is 2. The molecule has 0 atom stereocenters. The van der Waals surface area contributed by atoms with Gasteiger partial charge in [-0.15, -0.1) is 0 Å². The maximum Gasteiger partial charge on any atom is 0.350 e. The first kappa shape index (κ1) is 19.3. The van der Waals surface area contributed by atoms with Gasteiger partial charge in [-0.25, -0.2) is 4.79 Å². The molecule has 0 saturated carbocycles. The van der Waals surface area contributed by atoms with Gasteiger partial charge in [0.2, 0.25) is 0 Å². The number of carbonyl (C=O) groups is 2. The minimum atomic E-state index is -1.29. The maximum absolute atomic E-state index is 12.2. The van der Waals surface area contributed by atoms with Crippen molar-refractivity contribution >= 4 is 29.2 Å². The maximum atomic E-state index is 12.2. The predicted octanol–water partition coefficient (Wildman–Crippen LogP) is 3.55. The lowest BCUT2D eigenvalue weighted by atomic mass is 10.1. The Hall–Kier alpha value is -3.04. The van der Waals surface area contributed by atoms with Crippen molar-refractivity contribution in [2.75, 3.05) is 11.9 Å². The monoisotopic (exact) mass is 372 g/mol. The summed E-state index contributed by atoms with van der Waals surface area (Å²) in [5, 5.41) is 12.1. The molecule has 0 heterocycles. The molecule has 134 valence electrons. The fourth-order valence-corrected chi connectivity index (χ4v) is 2.15. The average molecular weight is 373 g/mol. The third-order valence-corrected chi connectivity index (χ3v) is 3.59. The van der Waals surface area contributed by atoms with Crippen LogP contribution in [-0.4, -0.2) is 24.1 Å². The van der Waals surface area contributed by atoms with Crippen LogP contribution in [0.1, 0.15) is 19.4 Å². The third kappa shape index (κ3) is 5.23. The second-order valence-corrected chi connectivity index (χ2v) is 6.28. The second-order valence-electron chi connectivity index (χ2n) is 5.85. The number of hydrogen-bond donors (Lipinski definition) is 1. The number of halogens is 1. The number of amides is 1. The quantitative estimate of drug-likeness (QED) is 0.783. The van der Waals surface area contributed by atoms with Gasteiger partial charge in [-0.05, 0) is 50.2 Å². The molecule has 6 nitrogen and oxygen atoms in total. The van der Waals surface area contributed by atoms with Crippen LogP contribution >= 0.6 is 11.6 Å². The van der Waals surface area contributed by atoms with Gasteiger partial charge in [0, 0.05) is 5.02 Å². The molecule has 0 radical (unpaired) electrons. The molecule has 7 heteroatoms. The number of carbonyl (C=O) groups excluding carboxylic acids is 2. The largest absolute Gasteiger partial charge is 0.476 e. The van der Waals surface area contributed by atoms with E-state index in [4.69, 9.17) is 26.3 Å². The summed E-state index contributed by atoms with van der Waals surface area (Å²) >= 11 is 5.81. The highest BCUT2D eigenvalue weighted by Crippen LogP contribution is 2.22. The first-order valence-corrected chi connectivity index (χ1v) is 8.10. The number of nitrogens with zero attached hydrogens (tertiary/aromatic N) is 1. The SMILES string of the molecule is CC(C)(Oc1ccc(Cl)cc1)C(=O)OCC(=O)Nc1ccccc1C#N. The normalized spacial score (nSPS) is 10.5. The van der Waals surface area contributed by atoms with E-state index in [1.807, 2.05) is 6.07 Å². The number of anilines is 1. The van der Waals surface area contributed by atoms with Gasteiger partial charge in [-0.3, -0.25) is 4.79 Å². The fraction of sp³-hybridized carbons (Fsp3) is 0.211. The van der Waals surface area contributed by atoms with Crippen molar-refractivity contribution in [2.24, 2.45) is 0 Å². The summed E-state index contributed by atoms with van der Waals surface area (Å²) in [7, 11) is 0. The van der Waals surface area contributed by atoms with E-state index < -0.39 is 24.1 Å². The zero-order chi connectivity index (χ0) is 19.2. The number of rotatable bonds is 6. The van der Waals surface area contributed by atoms with Gasteiger partial charge in [0.1, 0.15) is 11.8 Å². The third-order valence-electron chi connectivity index (χ3n) is 3.33. The van der Waals surface area contributed by atoms with E-state index in [0.29, 0.717) is 22.0 Å². The van der Waals surface area contributed by atoms with Crippen molar-refractivity contribution in [2.45, 2.75) is 19.4 Å². The predicted molar refractivity (Wildman–Crippen MR) is 96.9 cm³/mol. The topological polar surface area (TPSA) is 88.4 Å². The van der Waals surface area contributed by atoms with Gasteiger partial charge in [-0.1, -0.05) is 23.7 Å².